The lowest BCUT2D eigenvalue weighted by Crippen LogP contribution is -2.01. The topological polar surface area (TPSA) is 23.8 Å². The monoisotopic (exact) mass is 199 g/mol. The fourth-order valence-electron chi connectivity index (χ4n) is 1.62. The Morgan fingerprint density at radius 1 is 1.33 bits per heavy atom. The van der Waals surface area contributed by atoms with Gasteiger partial charge in [0.1, 0.15) is 0 Å². The zero-order chi connectivity index (χ0) is 10.9. The Bertz CT molecular complexity index is 321. The fraction of sp³-hybridized carbons (Fsp3) is 0.357. The summed E-state index contributed by atoms with van der Waals surface area (Å²) in [7, 11) is 0. The number of nitrogens with zero attached hydrogens (tertiary/aromatic N) is 1. The van der Waals surface area contributed by atoms with E-state index < -0.39 is 0 Å². The number of rotatable bonds is 6. The molecule has 78 valence electrons. The minimum absolute atomic E-state index is 0.146. The molecule has 0 aliphatic rings. The molecule has 1 unspecified atom stereocenters. The maximum atomic E-state index is 9.01. The predicted octanol–water partition coefficient (Wildman–Crippen LogP) is 3.73. The van der Waals surface area contributed by atoms with Crippen LogP contribution in [0.25, 0.3) is 0 Å². The highest BCUT2D eigenvalue weighted by atomic mass is 14.3. The van der Waals surface area contributed by atoms with Gasteiger partial charge in [0.2, 0.25) is 0 Å². The molecule has 15 heavy (non-hydrogen) atoms. The molecule has 1 nitrogen and oxygen atoms in total. The Kier molecular flexibility index (Phi) is 5.25. The second kappa shape index (κ2) is 6.84. The molecule has 0 spiro atoms. The summed E-state index contributed by atoms with van der Waals surface area (Å²) in [6.07, 6.45) is 5.82. The number of unbranched alkanes of at least 4 members (excludes halogenated alkanes) is 1. The molecule has 1 atom stereocenters. The van der Waals surface area contributed by atoms with Crippen molar-refractivity contribution in [3.63, 3.8) is 0 Å². The van der Waals surface area contributed by atoms with Crippen LogP contribution in [-0.4, -0.2) is 0 Å². The number of hydrogen-bond donors (Lipinski definition) is 0. The van der Waals surface area contributed by atoms with Crippen molar-refractivity contribution < 1.29 is 0 Å². The van der Waals surface area contributed by atoms with Crippen molar-refractivity contribution in [2.24, 2.45) is 5.92 Å². The standard InChI is InChI=1S/C14H17N/c1-2-3-5-10-14(12-15)11-13-8-6-4-7-9-13/h2,4,6-9,14H,1,3,5,10-11H2. The molecule has 0 aromatic heterocycles. The highest BCUT2D eigenvalue weighted by Crippen LogP contribution is 2.14. The van der Waals surface area contributed by atoms with Gasteiger partial charge in [-0.1, -0.05) is 36.4 Å². The van der Waals surface area contributed by atoms with Crippen LogP contribution >= 0.6 is 0 Å². The predicted molar refractivity (Wildman–Crippen MR) is 63.3 cm³/mol. The van der Waals surface area contributed by atoms with E-state index >= 15 is 0 Å². The molecule has 0 saturated carbocycles. The van der Waals surface area contributed by atoms with Crippen LogP contribution in [0.4, 0.5) is 0 Å². The molecule has 1 aromatic rings. The maximum absolute atomic E-state index is 9.01. The summed E-state index contributed by atoms with van der Waals surface area (Å²) in [5, 5.41) is 9.01. The van der Waals surface area contributed by atoms with Gasteiger partial charge in [-0.2, -0.15) is 5.26 Å². The van der Waals surface area contributed by atoms with Gasteiger partial charge in [0.25, 0.3) is 0 Å². The van der Waals surface area contributed by atoms with Crippen LogP contribution in [0.3, 0.4) is 0 Å². The second-order valence-electron chi connectivity index (χ2n) is 3.74. The Morgan fingerprint density at radius 2 is 2.07 bits per heavy atom. The molecular formula is C14H17N. The van der Waals surface area contributed by atoms with Gasteiger partial charge in [0, 0.05) is 0 Å². The average molecular weight is 199 g/mol. The fourth-order valence-corrected chi connectivity index (χ4v) is 1.62. The van der Waals surface area contributed by atoms with Crippen LogP contribution in [0.15, 0.2) is 43.0 Å². The molecule has 1 rings (SSSR count). The van der Waals surface area contributed by atoms with Gasteiger partial charge in [-0.15, -0.1) is 6.58 Å². The van der Waals surface area contributed by atoms with Gasteiger partial charge in [0.05, 0.1) is 12.0 Å². The minimum atomic E-state index is 0.146. The van der Waals surface area contributed by atoms with Gasteiger partial charge in [-0.25, -0.2) is 0 Å². The first-order chi connectivity index (χ1) is 7.36. The highest BCUT2D eigenvalue weighted by molar-refractivity contribution is 5.16. The number of hydrogen-bond acceptors (Lipinski definition) is 1. The Hall–Kier alpha value is -1.55. The lowest BCUT2D eigenvalue weighted by atomic mass is 9.95. The third kappa shape index (κ3) is 4.46. The van der Waals surface area contributed by atoms with Crippen LogP contribution in [0.2, 0.25) is 0 Å². The number of benzene rings is 1. The van der Waals surface area contributed by atoms with E-state index in [-0.39, 0.29) is 5.92 Å². The van der Waals surface area contributed by atoms with Crippen molar-refractivity contribution in [1.29, 1.82) is 5.26 Å². The van der Waals surface area contributed by atoms with Gasteiger partial charge in [-0.3, -0.25) is 0 Å². The van der Waals surface area contributed by atoms with Crippen molar-refractivity contribution in [2.45, 2.75) is 25.7 Å². The maximum Gasteiger partial charge on any atom is 0.0659 e. The highest BCUT2D eigenvalue weighted by Gasteiger charge is 2.07. The third-order valence-corrected chi connectivity index (χ3v) is 2.47. The molecule has 0 saturated heterocycles. The first-order valence-corrected chi connectivity index (χ1v) is 5.41. The molecule has 0 amide bonds. The first-order valence-electron chi connectivity index (χ1n) is 5.41. The van der Waals surface area contributed by atoms with E-state index in [9.17, 15) is 0 Å². The molecule has 0 radical (unpaired) electrons. The summed E-state index contributed by atoms with van der Waals surface area (Å²) >= 11 is 0. The van der Waals surface area contributed by atoms with E-state index in [0.29, 0.717) is 0 Å². The van der Waals surface area contributed by atoms with Crippen LogP contribution in [0.5, 0.6) is 0 Å². The van der Waals surface area contributed by atoms with Gasteiger partial charge >= 0.3 is 0 Å². The van der Waals surface area contributed by atoms with Crippen LogP contribution in [-0.2, 0) is 6.42 Å². The number of nitriles is 1. The zero-order valence-corrected chi connectivity index (χ0v) is 9.02. The van der Waals surface area contributed by atoms with Gasteiger partial charge in [-0.05, 0) is 31.2 Å². The Morgan fingerprint density at radius 3 is 2.67 bits per heavy atom. The summed E-state index contributed by atoms with van der Waals surface area (Å²) in [6.45, 7) is 3.68. The second-order valence-corrected chi connectivity index (χ2v) is 3.74. The summed E-state index contributed by atoms with van der Waals surface area (Å²) in [4.78, 5) is 0. The van der Waals surface area contributed by atoms with Crippen molar-refractivity contribution in [3.8, 4) is 6.07 Å². The first kappa shape index (κ1) is 11.5. The molecule has 0 fully saturated rings. The summed E-state index contributed by atoms with van der Waals surface area (Å²) < 4.78 is 0. The third-order valence-electron chi connectivity index (χ3n) is 2.47. The van der Waals surface area contributed by atoms with E-state index in [1.807, 2.05) is 24.3 Å². The zero-order valence-electron chi connectivity index (χ0n) is 9.02. The lowest BCUT2D eigenvalue weighted by molar-refractivity contribution is 0.573. The van der Waals surface area contributed by atoms with E-state index in [1.54, 1.807) is 0 Å². The number of allylic oxidation sites excluding steroid dienone is 1. The van der Waals surface area contributed by atoms with Crippen LogP contribution in [0, 0.1) is 17.2 Å². The van der Waals surface area contributed by atoms with E-state index in [0.717, 1.165) is 25.7 Å². The molecule has 1 heteroatoms. The van der Waals surface area contributed by atoms with Crippen molar-refractivity contribution in [3.05, 3.63) is 48.6 Å². The average Bonchev–Trinajstić information content (AvgIpc) is 2.29. The molecular weight excluding hydrogens is 182 g/mol. The molecule has 0 N–H and O–H groups in total. The van der Waals surface area contributed by atoms with Gasteiger partial charge < -0.3 is 0 Å². The van der Waals surface area contributed by atoms with Crippen LogP contribution in [0.1, 0.15) is 24.8 Å². The summed E-state index contributed by atoms with van der Waals surface area (Å²) in [5.74, 6) is 0.146. The molecule has 0 aliphatic carbocycles. The van der Waals surface area contributed by atoms with Crippen molar-refractivity contribution in [1.82, 2.24) is 0 Å². The van der Waals surface area contributed by atoms with Crippen LogP contribution < -0.4 is 0 Å². The summed E-state index contributed by atoms with van der Waals surface area (Å²) in [6, 6.07) is 12.6. The van der Waals surface area contributed by atoms with E-state index in [4.69, 9.17) is 5.26 Å². The largest absolute Gasteiger partial charge is 0.198 e. The van der Waals surface area contributed by atoms with Crippen molar-refractivity contribution in [2.75, 3.05) is 0 Å². The Labute approximate surface area is 92.1 Å². The van der Waals surface area contributed by atoms with Gasteiger partial charge in [0.15, 0.2) is 0 Å². The van der Waals surface area contributed by atoms with Crippen molar-refractivity contribution >= 4 is 0 Å². The molecule has 1 aromatic carbocycles. The van der Waals surface area contributed by atoms with E-state index in [1.165, 1.54) is 5.56 Å². The molecule has 0 aliphatic heterocycles. The smallest absolute Gasteiger partial charge is 0.0659 e. The summed E-state index contributed by atoms with van der Waals surface area (Å²) in [5.41, 5.74) is 1.25. The minimum Gasteiger partial charge on any atom is -0.198 e. The quantitative estimate of drug-likeness (QED) is 0.506. The lowest BCUT2D eigenvalue weighted by Gasteiger charge is -2.07. The van der Waals surface area contributed by atoms with E-state index in [2.05, 4.69) is 24.8 Å². The SMILES string of the molecule is C=CCCCC(C#N)Cc1ccccc1. The Balaban J connectivity index is 2.41. The molecule has 0 bridgehead atoms. The normalized spacial score (nSPS) is 11.7. The molecule has 0 heterocycles.